The van der Waals surface area contributed by atoms with Crippen molar-refractivity contribution < 1.29 is 14.3 Å². The fourth-order valence-corrected chi connectivity index (χ4v) is 2.82. The average molecular weight is 402 g/mol. The van der Waals surface area contributed by atoms with Crippen molar-refractivity contribution >= 4 is 37.8 Å². The van der Waals surface area contributed by atoms with Crippen LogP contribution in [0.2, 0.25) is 0 Å². The summed E-state index contributed by atoms with van der Waals surface area (Å²) in [4.78, 5) is 11.5. The van der Waals surface area contributed by atoms with E-state index in [1.807, 2.05) is 6.07 Å². The Balaban J connectivity index is 2.35. The molecule has 0 radical (unpaired) electrons. The molecule has 2 aromatic carbocycles. The summed E-state index contributed by atoms with van der Waals surface area (Å²) in [5.74, 6) is -2.02. The van der Waals surface area contributed by atoms with Crippen molar-refractivity contribution in [3.63, 3.8) is 0 Å². The van der Waals surface area contributed by atoms with Gasteiger partial charge in [-0.3, -0.25) is 4.79 Å². The van der Waals surface area contributed by atoms with E-state index in [0.717, 1.165) is 4.47 Å². The molecule has 2 aromatic rings. The molecule has 0 aromatic heterocycles. The van der Waals surface area contributed by atoms with E-state index in [1.165, 1.54) is 12.1 Å². The van der Waals surface area contributed by atoms with Gasteiger partial charge in [0.05, 0.1) is 5.92 Å². The minimum atomic E-state index is -0.931. The summed E-state index contributed by atoms with van der Waals surface area (Å²) in [5.41, 5.74) is 1.32. The van der Waals surface area contributed by atoms with Crippen LogP contribution in [0.15, 0.2) is 51.4 Å². The highest BCUT2D eigenvalue weighted by atomic mass is 79.9. The van der Waals surface area contributed by atoms with Crippen LogP contribution in [0, 0.1) is 5.82 Å². The number of aliphatic carboxylic acids is 1. The van der Waals surface area contributed by atoms with Gasteiger partial charge < -0.3 is 5.11 Å². The molecule has 0 spiro atoms. The molecule has 0 saturated carbocycles. The van der Waals surface area contributed by atoms with Gasteiger partial charge in [-0.2, -0.15) is 0 Å². The molecule has 1 N–H and O–H groups in total. The summed E-state index contributed by atoms with van der Waals surface area (Å²) < 4.78 is 14.8. The number of carboxylic acids is 1. The van der Waals surface area contributed by atoms with Crippen LogP contribution in [0.5, 0.6) is 0 Å². The predicted molar refractivity (Wildman–Crippen MR) is 82.3 cm³/mol. The molecule has 0 saturated heterocycles. The van der Waals surface area contributed by atoms with Gasteiger partial charge in [0, 0.05) is 8.95 Å². The van der Waals surface area contributed by atoms with Crippen LogP contribution in [-0.4, -0.2) is 11.1 Å². The van der Waals surface area contributed by atoms with Crippen LogP contribution >= 0.6 is 31.9 Å². The largest absolute Gasteiger partial charge is 0.481 e. The molecule has 104 valence electrons. The quantitative estimate of drug-likeness (QED) is 0.801. The van der Waals surface area contributed by atoms with E-state index < -0.39 is 11.9 Å². The van der Waals surface area contributed by atoms with E-state index in [0.29, 0.717) is 15.6 Å². The SMILES string of the molecule is O=C(O)C(Cc1cc(F)ccc1Br)c1cccc(Br)c1. The first-order valence-corrected chi connectivity index (χ1v) is 7.48. The summed E-state index contributed by atoms with van der Waals surface area (Å²) in [6.07, 6.45) is 0.226. The second-order valence-corrected chi connectivity index (χ2v) is 6.16. The van der Waals surface area contributed by atoms with E-state index in [2.05, 4.69) is 31.9 Å². The summed E-state index contributed by atoms with van der Waals surface area (Å²) in [7, 11) is 0. The summed E-state index contributed by atoms with van der Waals surface area (Å²) >= 11 is 6.66. The highest BCUT2D eigenvalue weighted by molar-refractivity contribution is 9.10. The third kappa shape index (κ3) is 3.67. The Labute approximate surface area is 132 Å². The van der Waals surface area contributed by atoms with Crippen LogP contribution in [-0.2, 0) is 11.2 Å². The molecular formula is C15H11Br2FO2. The van der Waals surface area contributed by atoms with E-state index in [-0.39, 0.29) is 12.2 Å². The summed E-state index contributed by atoms with van der Waals surface area (Å²) in [6, 6.07) is 11.4. The number of halogens is 3. The van der Waals surface area contributed by atoms with Crippen LogP contribution in [0.25, 0.3) is 0 Å². The first kappa shape index (κ1) is 15.2. The van der Waals surface area contributed by atoms with Crippen molar-refractivity contribution in [1.82, 2.24) is 0 Å². The lowest BCUT2D eigenvalue weighted by atomic mass is 9.92. The zero-order valence-corrected chi connectivity index (χ0v) is 13.5. The lowest BCUT2D eigenvalue weighted by Crippen LogP contribution is -2.14. The molecule has 2 rings (SSSR count). The highest BCUT2D eigenvalue weighted by Gasteiger charge is 2.21. The fraction of sp³-hybridized carbons (Fsp3) is 0.133. The first-order chi connectivity index (χ1) is 9.47. The third-order valence-corrected chi connectivity index (χ3v) is 4.25. The van der Waals surface area contributed by atoms with Gasteiger partial charge in [-0.1, -0.05) is 44.0 Å². The Morgan fingerprint density at radius 1 is 1.20 bits per heavy atom. The Morgan fingerprint density at radius 3 is 2.60 bits per heavy atom. The van der Waals surface area contributed by atoms with E-state index >= 15 is 0 Å². The van der Waals surface area contributed by atoms with Gasteiger partial charge in [-0.25, -0.2) is 4.39 Å². The zero-order valence-electron chi connectivity index (χ0n) is 10.3. The highest BCUT2D eigenvalue weighted by Crippen LogP contribution is 2.28. The number of carboxylic acid groups (broad SMARTS) is 1. The van der Waals surface area contributed by atoms with Gasteiger partial charge in [0.2, 0.25) is 0 Å². The molecule has 0 bridgehead atoms. The average Bonchev–Trinajstić information content (AvgIpc) is 2.39. The Kier molecular flexibility index (Phi) is 4.94. The van der Waals surface area contributed by atoms with Gasteiger partial charge in [0.15, 0.2) is 0 Å². The smallest absolute Gasteiger partial charge is 0.311 e. The van der Waals surface area contributed by atoms with Gasteiger partial charge in [-0.15, -0.1) is 0 Å². The zero-order chi connectivity index (χ0) is 14.7. The Hall–Kier alpha value is -1.20. The molecule has 0 aliphatic rings. The van der Waals surface area contributed by atoms with Crippen molar-refractivity contribution in [2.75, 3.05) is 0 Å². The number of benzene rings is 2. The van der Waals surface area contributed by atoms with Gasteiger partial charge >= 0.3 is 5.97 Å². The van der Waals surface area contributed by atoms with Crippen LogP contribution in [0.3, 0.4) is 0 Å². The molecule has 0 aliphatic carbocycles. The van der Waals surface area contributed by atoms with Crippen LogP contribution < -0.4 is 0 Å². The first-order valence-electron chi connectivity index (χ1n) is 5.89. The standard InChI is InChI=1S/C15H11Br2FO2/c16-11-3-1-2-9(6-11)13(15(19)20)8-10-7-12(18)4-5-14(10)17/h1-7,13H,8H2,(H,19,20). The normalized spacial score (nSPS) is 12.2. The Bertz CT molecular complexity index is 644. The van der Waals surface area contributed by atoms with Gasteiger partial charge in [0.25, 0.3) is 0 Å². The molecule has 1 unspecified atom stereocenters. The van der Waals surface area contributed by atoms with Gasteiger partial charge in [-0.05, 0) is 47.9 Å². The molecule has 0 amide bonds. The van der Waals surface area contributed by atoms with Crippen LogP contribution in [0.1, 0.15) is 17.0 Å². The molecule has 0 aliphatic heterocycles. The van der Waals surface area contributed by atoms with E-state index in [4.69, 9.17) is 0 Å². The molecular weight excluding hydrogens is 391 g/mol. The Morgan fingerprint density at radius 2 is 1.95 bits per heavy atom. The lowest BCUT2D eigenvalue weighted by Gasteiger charge is -2.14. The summed E-state index contributed by atoms with van der Waals surface area (Å²) in [5, 5.41) is 9.41. The maximum atomic E-state index is 13.3. The van der Waals surface area contributed by atoms with Crippen molar-refractivity contribution in [2.45, 2.75) is 12.3 Å². The lowest BCUT2D eigenvalue weighted by molar-refractivity contribution is -0.138. The number of hydrogen-bond donors (Lipinski definition) is 1. The van der Waals surface area contributed by atoms with Crippen LogP contribution in [0.4, 0.5) is 4.39 Å². The third-order valence-electron chi connectivity index (χ3n) is 2.98. The van der Waals surface area contributed by atoms with Crippen molar-refractivity contribution in [1.29, 1.82) is 0 Å². The second kappa shape index (κ2) is 6.50. The molecule has 20 heavy (non-hydrogen) atoms. The minimum absolute atomic E-state index is 0.226. The molecule has 2 nitrogen and oxygen atoms in total. The molecule has 5 heteroatoms. The van der Waals surface area contributed by atoms with E-state index in [9.17, 15) is 14.3 Å². The number of rotatable bonds is 4. The maximum Gasteiger partial charge on any atom is 0.311 e. The maximum absolute atomic E-state index is 13.3. The summed E-state index contributed by atoms with van der Waals surface area (Å²) in [6.45, 7) is 0. The van der Waals surface area contributed by atoms with Crippen molar-refractivity contribution in [3.05, 3.63) is 68.4 Å². The molecule has 1 atom stereocenters. The van der Waals surface area contributed by atoms with Crippen molar-refractivity contribution in [3.8, 4) is 0 Å². The predicted octanol–water partition coefficient (Wildman–Crippen LogP) is 4.76. The van der Waals surface area contributed by atoms with Gasteiger partial charge in [0.1, 0.15) is 5.82 Å². The monoisotopic (exact) mass is 400 g/mol. The fourth-order valence-electron chi connectivity index (χ4n) is 1.99. The molecule has 0 heterocycles. The van der Waals surface area contributed by atoms with Crippen molar-refractivity contribution in [2.24, 2.45) is 0 Å². The topological polar surface area (TPSA) is 37.3 Å². The number of hydrogen-bond acceptors (Lipinski definition) is 1. The number of carbonyl (C=O) groups is 1. The minimum Gasteiger partial charge on any atom is -0.481 e. The second-order valence-electron chi connectivity index (χ2n) is 4.39. The van der Waals surface area contributed by atoms with E-state index in [1.54, 1.807) is 24.3 Å². The molecule has 0 fully saturated rings.